The standard InChI is InChI=1S/C23H26N2O18.C13H20O10/c1-12(20(32)36-7-9-38-22(34)42-24-14(26)3-4-15(24)27)40-18(30)11-19(31)41-13(2)21(33)37-8-10-39-23(35)43-25-16(28)5-6-17(25)29;1-8(12(18)20-5-3-14)22-10(16)7-11(17)23-9(2)13(19)21-6-4-15/h12-13H,3-11H2,1-2H3;8-9,14-15H,3-7H2,1-2H3. The molecule has 0 bridgehead atoms. The first-order valence-electron chi connectivity index (χ1n) is 19.2. The molecule has 0 saturated carbocycles. The molecule has 2 N–H and O–H groups in total. The number of aliphatic hydroxyl groups is 2. The Kier molecular flexibility index (Phi) is 25.5. The van der Waals surface area contributed by atoms with E-state index < -0.39 is 147 Å². The molecule has 4 atom stereocenters. The Bertz CT molecular complexity index is 1650. The molecule has 30 heteroatoms. The van der Waals surface area contributed by atoms with Crippen molar-refractivity contribution in [1.29, 1.82) is 0 Å². The third kappa shape index (κ3) is 22.2. The molecule has 2 aliphatic heterocycles. The zero-order valence-electron chi connectivity index (χ0n) is 35.6. The molecule has 0 aromatic rings. The van der Waals surface area contributed by atoms with Gasteiger partial charge in [-0.15, -0.1) is 0 Å². The summed E-state index contributed by atoms with van der Waals surface area (Å²) in [5.41, 5.74) is 0. The number of carbonyl (C=O) groups excluding carboxylic acids is 14. The summed E-state index contributed by atoms with van der Waals surface area (Å²) in [6, 6.07) is 0. The second-order valence-electron chi connectivity index (χ2n) is 12.5. The van der Waals surface area contributed by atoms with Crippen LogP contribution in [0.25, 0.3) is 0 Å². The van der Waals surface area contributed by atoms with Gasteiger partial charge < -0.3 is 57.6 Å². The molecule has 66 heavy (non-hydrogen) atoms. The molecule has 2 saturated heterocycles. The molecular weight excluding hydrogens is 908 g/mol. The van der Waals surface area contributed by atoms with E-state index in [4.69, 9.17) is 29.2 Å². The van der Waals surface area contributed by atoms with Gasteiger partial charge in [0.05, 0.1) is 13.2 Å². The zero-order valence-corrected chi connectivity index (χ0v) is 35.6. The minimum atomic E-state index is -1.50. The van der Waals surface area contributed by atoms with Crippen LogP contribution in [0.4, 0.5) is 9.59 Å². The lowest BCUT2D eigenvalue weighted by Crippen LogP contribution is -2.33. The summed E-state index contributed by atoms with van der Waals surface area (Å²) in [5, 5.41) is 17.5. The van der Waals surface area contributed by atoms with E-state index in [-0.39, 0.29) is 62.2 Å². The van der Waals surface area contributed by atoms with Crippen LogP contribution in [0.3, 0.4) is 0 Å². The topological polar surface area (TPSA) is 397 Å². The summed E-state index contributed by atoms with van der Waals surface area (Å²) >= 11 is 0. The van der Waals surface area contributed by atoms with E-state index in [2.05, 4.69) is 38.1 Å². The van der Waals surface area contributed by atoms with Gasteiger partial charge in [0, 0.05) is 25.7 Å². The first-order valence-corrected chi connectivity index (χ1v) is 19.2. The van der Waals surface area contributed by atoms with E-state index in [1.54, 1.807) is 0 Å². The molecule has 0 aromatic carbocycles. The van der Waals surface area contributed by atoms with E-state index in [1.165, 1.54) is 13.8 Å². The smallest absolute Gasteiger partial charge is 0.461 e. The quantitative estimate of drug-likeness (QED) is 0.0321. The summed E-state index contributed by atoms with van der Waals surface area (Å²) in [7, 11) is 0. The fourth-order valence-corrected chi connectivity index (χ4v) is 4.20. The Balaban J connectivity index is 0.000000800. The largest absolute Gasteiger partial charge is 0.534 e. The summed E-state index contributed by atoms with van der Waals surface area (Å²) in [4.78, 5) is 170. The molecule has 30 nitrogen and oxygen atoms in total. The number of hydroxylamine groups is 4. The lowest BCUT2D eigenvalue weighted by atomic mass is 10.3. The van der Waals surface area contributed by atoms with E-state index in [0.717, 1.165) is 13.8 Å². The number of hydrogen-bond acceptors (Lipinski definition) is 28. The van der Waals surface area contributed by atoms with E-state index >= 15 is 0 Å². The number of imide groups is 2. The van der Waals surface area contributed by atoms with Crippen LogP contribution in [0.1, 0.15) is 66.2 Å². The molecule has 0 spiro atoms. The Morgan fingerprint density at radius 2 is 0.636 bits per heavy atom. The number of aliphatic hydroxyl groups excluding tert-OH is 2. The maximum atomic E-state index is 11.9. The SMILES string of the molecule is CC(OC(=O)CC(=O)OC(C)C(=O)OCCO)C(=O)OCCO.CC(OC(=O)CC(=O)OC(C)C(=O)OCCOC(=O)ON1C(=O)CCC1=O)C(=O)OCCOC(=O)ON1C(=O)CCC1=O. The Labute approximate surface area is 371 Å². The van der Waals surface area contributed by atoms with Crippen LogP contribution >= 0.6 is 0 Å². The van der Waals surface area contributed by atoms with Gasteiger partial charge in [-0.1, -0.05) is 10.1 Å². The van der Waals surface area contributed by atoms with Crippen molar-refractivity contribution in [2.75, 3.05) is 52.9 Å². The van der Waals surface area contributed by atoms with E-state index in [1.807, 2.05) is 0 Å². The highest BCUT2D eigenvalue weighted by Crippen LogP contribution is 2.14. The summed E-state index contributed by atoms with van der Waals surface area (Å²) < 4.78 is 46.4. The average molecular weight is 955 g/mol. The normalized spacial score (nSPS) is 14.7. The van der Waals surface area contributed by atoms with Crippen LogP contribution in [-0.2, 0) is 115 Å². The van der Waals surface area contributed by atoms with Crippen LogP contribution < -0.4 is 0 Å². The molecule has 2 rings (SSSR count). The molecular formula is C36H46N2O28. The fourth-order valence-electron chi connectivity index (χ4n) is 4.20. The van der Waals surface area contributed by atoms with Gasteiger partial charge in [0.1, 0.15) is 52.5 Å². The Hall–Kier alpha value is -7.50. The van der Waals surface area contributed by atoms with Crippen LogP contribution in [0.15, 0.2) is 0 Å². The Morgan fingerprint density at radius 1 is 0.409 bits per heavy atom. The maximum Gasteiger partial charge on any atom is 0.534 e. The van der Waals surface area contributed by atoms with Gasteiger partial charge in [-0.25, -0.2) is 28.8 Å². The van der Waals surface area contributed by atoms with Crippen LogP contribution in [0, 0.1) is 0 Å². The van der Waals surface area contributed by atoms with E-state index in [0.29, 0.717) is 0 Å². The molecule has 0 aliphatic carbocycles. The monoisotopic (exact) mass is 954 g/mol. The predicted octanol–water partition coefficient (Wildman–Crippen LogP) is -2.93. The third-order valence-corrected chi connectivity index (χ3v) is 7.25. The molecule has 4 unspecified atom stereocenters. The number of nitrogens with zero attached hydrogens (tertiary/aromatic N) is 2. The Morgan fingerprint density at radius 3 is 0.879 bits per heavy atom. The van der Waals surface area contributed by atoms with E-state index in [9.17, 15) is 67.1 Å². The van der Waals surface area contributed by atoms with Crippen molar-refractivity contribution >= 4 is 83.7 Å². The summed E-state index contributed by atoms with van der Waals surface area (Å²) in [5.74, 6) is -11.3. The van der Waals surface area contributed by atoms with Gasteiger partial charge in [-0.2, -0.15) is 0 Å². The van der Waals surface area contributed by atoms with Crippen LogP contribution in [0.2, 0.25) is 0 Å². The minimum Gasteiger partial charge on any atom is -0.461 e. The predicted molar refractivity (Wildman–Crippen MR) is 196 cm³/mol. The third-order valence-electron chi connectivity index (χ3n) is 7.25. The van der Waals surface area contributed by atoms with Crippen molar-refractivity contribution in [1.82, 2.24) is 10.1 Å². The van der Waals surface area contributed by atoms with Gasteiger partial charge in [0.25, 0.3) is 23.6 Å². The van der Waals surface area contributed by atoms with Gasteiger partial charge >= 0.3 is 60.1 Å². The number of amides is 4. The highest BCUT2D eigenvalue weighted by atomic mass is 16.8. The number of carbonyl (C=O) groups is 14. The number of rotatable bonds is 24. The van der Waals surface area contributed by atoms with Crippen molar-refractivity contribution in [3.8, 4) is 0 Å². The zero-order chi connectivity index (χ0) is 49.9. The average Bonchev–Trinajstić information content (AvgIpc) is 3.74. The molecule has 0 radical (unpaired) electrons. The molecule has 2 fully saturated rings. The minimum absolute atomic E-state index is 0.114. The first kappa shape index (κ1) is 56.5. The number of hydrogen-bond donors (Lipinski definition) is 2. The summed E-state index contributed by atoms with van der Waals surface area (Å²) in [6.45, 7) is 1.39. The molecule has 0 aromatic heterocycles. The summed E-state index contributed by atoms with van der Waals surface area (Å²) in [6.07, 6.45) is -10.5. The molecule has 4 amide bonds. The van der Waals surface area contributed by atoms with Crippen molar-refractivity contribution in [2.24, 2.45) is 0 Å². The van der Waals surface area contributed by atoms with Gasteiger partial charge in [0.2, 0.25) is 0 Å². The van der Waals surface area contributed by atoms with Crippen molar-refractivity contribution in [2.45, 2.75) is 90.6 Å². The molecule has 368 valence electrons. The number of ether oxygens (including phenoxy) is 10. The van der Waals surface area contributed by atoms with Crippen LogP contribution in [-0.4, -0.2) is 181 Å². The highest BCUT2D eigenvalue weighted by Gasteiger charge is 2.35. The van der Waals surface area contributed by atoms with Crippen LogP contribution in [0.5, 0.6) is 0 Å². The van der Waals surface area contributed by atoms with Gasteiger partial charge in [-0.3, -0.25) is 48.0 Å². The lowest BCUT2D eigenvalue weighted by Gasteiger charge is -2.15. The lowest BCUT2D eigenvalue weighted by molar-refractivity contribution is -0.178. The van der Waals surface area contributed by atoms with Crippen molar-refractivity contribution in [3.05, 3.63) is 0 Å². The van der Waals surface area contributed by atoms with Crippen molar-refractivity contribution in [3.63, 3.8) is 0 Å². The van der Waals surface area contributed by atoms with Gasteiger partial charge in [0.15, 0.2) is 24.4 Å². The van der Waals surface area contributed by atoms with Crippen molar-refractivity contribution < 1.29 is 134 Å². The maximum absolute atomic E-state index is 11.9. The second-order valence-corrected chi connectivity index (χ2v) is 12.5. The number of esters is 8. The molecule has 2 aliphatic rings. The first-order chi connectivity index (χ1) is 31.1. The molecule has 2 heterocycles. The fraction of sp³-hybridized carbons (Fsp3) is 0.611. The van der Waals surface area contributed by atoms with Gasteiger partial charge in [-0.05, 0) is 27.7 Å². The highest BCUT2D eigenvalue weighted by molar-refractivity contribution is 6.02. The second kappa shape index (κ2) is 29.8.